The van der Waals surface area contributed by atoms with E-state index in [1.54, 1.807) is 19.9 Å². The van der Waals surface area contributed by atoms with E-state index in [1.165, 1.54) is 18.7 Å². The van der Waals surface area contributed by atoms with Gasteiger partial charge in [-0.3, -0.25) is 19.7 Å². The zero-order valence-electron chi connectivity index (χ0n) is 14.7. The summed E-state index contributed by atoms with van der Waals surface area (Å²) in [5.74, 6) is -1.72. The number of para-hydroxylation sites is 1. The molecule has 2 atom stereocenters. The Bertz CT molecular complexity index is 722. The van der Waals surface area contributed by atoms with Crippen molar-refractivity contribution >= 4 is 41.3 Å². The number of thioether (sulfide) groups is 1. The van der Waals surface area contributed by atoms with E-state index in [1.807, 2.05) is 18.2 Å². The van der Waals surface area contributed by atoms with Crippen LogP contribution in [0.15, 0.2) is 29.2 Å². The summed E-state index contributed by atoms with van der Waals surface area (Å²) in [5, 5.41) is 6.68. The molecular formula is C17H21N3O5S. The third kappa shape index (κ3) is 5.48. The molecule has 2 rings (SSSR count). The summed E-state index contributed by atoms with van der Waals surface area (Å²) < 4.78 is 5.03. The highest BCUT2D eigenvalue weighted by Gasteiger charge is 2.30. The third-order valence-corrected chi connectivity index (χ3v) is 4.67. The molecule has 1 heterocycles. The molecule has 1 aliphatic heterocycles. The number of anilines is 1. The standard InChI is InChI=1S/C17H21N3O5S/c1-9(2)18-17(24)20-15(22)10(3)25-14(21)8-13-16(23)19-11-6-4-5-7-12(11)26-13/h4-7,9-10,13H,8H2,1-3H3,(H,19,23)(H2,18,20,22,24)/t10-,13+/m0/s1. The van der Waals surface area contributed by atoms with Crippen molar-refractivity contribution in [1.29, 1.82) is 0 Å². The lowest BCUT2D eigenvalue weighted by atomic mass is 10.2. The average Bonchev–Trinajstić information content (AvgIpc) is 2.54. The fourth-order valence-electron chi connectivity index (χ4n) is 2.19. The number of amides is 4. The lowest BCUT2D eigenvalue weighted by molar-refractivity contribution is -0.154. The van der Waals surface area contributed by atoms with Gasteiger partial charge in [-0.15, -0.1) is 11.8 Å². The number of hydrogen-bond acceptors (Lipinski definition) is 6. The van der Waals surface area contributed by atoms with E-state index < -0.39 is 29.3 Å². The first-order chi connectivity index (χ1) is 12.3. The van der Waals surface area contributed by atoms with Crippen LogP contribution in [0.5, 0.6) is 0 Å². The van der Waals surface area contributed by atoms with Crippen LogP contribution in [0.3, 0.4) is 0 Å². The summed E-state index contributed by atoms with van der Waals surface area (Å²) in [6.45, 7) is 4.86. The van der Waals surface area contributed by atoms with Gasteiger partial charge in [-0.25, -0.2) is 4.79 Å². The molecule has 0 fully saturated rings. The number of carbonyl (C=O) groups excluding carboxylic acids is 4. The van der Waals surface area contributed by atoms with Crippen LogP contribution < -0.4 is 16.0 Å². The zero-order chi connectivity index (χ0) is 19.3. The van der Waals surface area contributed by atoms with E-state index in [0.717, 1.165) is 4.90 Å². The van der Waals surface area contributed by atoms with Crippen molar-refractivity contribution in [3.8, 4) is 0 Å². The lowest BCUT2D eigenvalue weighted by Crippen LogP contribution is -2.46. The molecule has 0 radical (unpaired) electrons. The summed E-state index contributed by atoms with van der Waals surface area (Å²) in [4.78, 5) is 48.3. The van der Waals surface area contributed by atoms with E-state index in [-0.39, 0.29) is 18.4 Å². The molecule has 0 spiro atoms. The molecule has 0 aliphatic carbocycles. The molecule has 0 saturated carbocycles. The van der Waals surface area contributed by atoms with Crippen LogP contribution >= 0.6 is 11.8 Å². The maximum absolute atomic E-state index is 12.1. The maximum atomic E-state index is 12.1. The normalized spacial score (nSPS) is 16.9. The SMILES string of the molecule is CC(C)NC(=O)NC(=O)[C@H](C)OC(=O)C[C@H]1Sc2ccccc2NC1=O. The Hall–Kier alpha value is -2.55. The number of rotatable bonds is 5. The largest absolute Gasteiger partial charge is 0.452 e. The molecule has 4 amide bonds. The smallest absolute Gasteiger partial charge is 0.321 e. The van der Waals surface area contributed by atoms with Crippen molar-refractivity contribution in [2.45, 2.75) is 49.5 Å². The van der Waals surface area contributed by atoms with Gasteiger partial charge in [-0.05, 0) is 32.9 Å². The van der Waals surface area contributed by atoms with Crippen molar-refractivity contribution in [2.75, 3.05) is 5.32 Å². The Labute approximate surface area is 155 Å². The van der Waals surface area contributed by atoms with E-state index in [4.69, 9.17) is 4.74 Å². The van der Waals surface area contributed by atoms with Gasteiger partial charge in [0.1, 0.15) is 0 Å². The maximum Gasteiger partial charge on any atom is 0.321 e. The molecule has 1 aromatic rings. The second kappa shape index (κ2) is 8.70. The highest BCUT2D eigenvalue weighted by Crippen LogP contribution is 2.36. The fraction of sp³-hybridized carbons (Fsp3) is 0.412. The van der Waals surface area contributed by atoms with Gasteiger partial charge in [0.15, 0.2) is 6.10 Å². The van der Waals surface area contributed by atoms with Crippen molar-refractivity contribution in [2.24, 2.45) is 0 Å². The van der Waals surface area contributed by atoms with Crippen molar-refractivity contribution in [3.63, 3.8) is 0 Å². The van der Waals surface area contributed by atoms with Gasteiger partial charge in [0, 0.05) is 10.9 Å². The van der Waals surface area contributed by atoms with Gasteiger partial charge in [0.25, 0.3) is 5.91 Å². The second-order valence-corrected chi connectivity index (χ2v) is 7.29. The number of benzene rings is 1. The minimum Gasteiger partial charge on any atom is -0.452 e. The highest BCUT2D eigenvalue weighted by atomic mass is 32.2. The van der Waals surface area contributed by atoms with Crippen LogP contribution in [-0.4, -0.2) is 41.2 Å². The summed E-state index contributed by atoms with van der Waals surface area (Å²) in [6.07, 6.45) is -1.33. The minimum absolute atomic E-state index is 0.134. The first-order valence-corrected chi connectivity index (χ1v) is 9.01. The first kappa shape index (κ1) is 19.8. The molecule has 140 valence electrons. The number of carbonyl (C=O) groups is 4. The number of fused-ring (bicyclic) bond motifs is 1. The van der Waals surface area contributed by atoms with Crippen LogP contribution in [0.2, 0.25) is 0 Å². The summed E-state index contributed by atoms with van der Waals surface area (Å²) in [5.41, 5.74) is 0.705. The Morgan fingerprint density at radius 1 is 1.23 bits per heavy atom. The molecule has 26 heavy (non-hydrogen) atoms. The number of imide groups is 1. The second-order valence-electron chi connectivity index (χ2n) is 6.05. The van der Waals surface area contributed by atoms with E-state index >= 15 is 0 Å². The van der Waals surface area contributed by atoms with Gasteiger partial charge < -0.3 is 15.4 Å². The Morgan fingerprint density at radius 2 is 1.92 bits per heavy atom. The average molecular weight is 379 g/mol. The molecule has 8 nitrogen and oxygen atoms in total. The zero-order valence-corrected chi connectivity index (χ0v) is 15.5. The molecule has 0 saturated heterocycles. The molecular weight excluding hydrogens is 358 g/mol. The van der Waals surface area contributed by atoms with Crippen molar-refractivity contribution < 1.29 is 23.9 Å². The quantitative estimate of drug-likeness (QED) is 0.671. The molecule has 0 aromatic heterocycles. The number of nitrogens with one attached hydrogen (secondary N) is 3. The number of urea groups is 1. The molecule has 1 aromatic carbocycles. The van der Waals surface area contributed by atoms with E-state index in [2.05, 4.69) is 16.0 Å². The number of ether oxygens (including phenoxy) is 1. The minimum atomic E-state index is -1.15. The monoisotopic (exact) mass is 379 g/mol. The molecule has 0 unspecified atom stereocenters. The van der Waals surface area contributed by atoms with E-state index in [0.29, 0.717) is 5.69 Å². The molecule has 3 N–H and O–H groups in total. The fourth-order valence-corrected chi connectivity index (χ4v) is 3.28. The van der Waals surface area contributed by atoms with Crippen LogP contribution in [0.25, 0.3) is 0 Å². The molecule has 0 bridgehead atoms. The predicted molar refractivity (Wildman–Crippen MR) is 96.7 cm³/mol. The van der Waals surface area contributed by atoms with Crippen LogP contribution in [-0.2, 0) is 19.1 Å². The van der Waals surface area contributed by atoms with Crippen LogP contribution in [0.4, 0.5) is 10.5 Å². The first-order valence-electron chi connectivity index (χ1n) is 8.13. The number of esters is 1. The van der Waals surface area contributed by atoms with Gasteiger partial charge in [0.2, 0.25) is 5.91 Å². The highest BCUT2D eigenvalue weighted by molar-refractivity contribution is 8.01. The summed E-state index contributed by atoms with van der Waals surface area (Å²) in [7, 11) is 0. The van der Waals surface area contributed by atoms with Gasteiger partial charge >= 0.3 is 12.0 Å². The van der Waals surface area contributed by atoms with E-state index in [9.17, 15) is 19.2 Å². The van der Waals surface area contributed by atoms with Gasteiger partial charge in [0.05, 0.1) is 17.4 Å². The Morgan fingerprint density at radius 3 is 2.62 bits per heavy atom. The number of hydrogen-bond donors (Lipinski definition) is 3. The molecule has 9 heteroatoms. The summed E-state index contributed by atoms with van der Waals surface area (Å²) >= 11 is 1.27. The topological polar surface area (TPSA) is 114 Å². The molecule has 1 aliphatic rings. The Kier molecular flexibility index (Phi) is 6.62. The lowest BCUT2D eigenvalue weighted by Gasteiger charge is -2.23. The van der Waals surface area contributed by atoms with Crippen molar-refractivity contribution in [1.82, 2.24) is 10.6 Å². The Balaban J connectivity index is 1.85. The van der Waals surface area contributed by atoms with Crippen molar-refractivity contribution in [3.05, 3.63) is 24.3 Å². The third-order valence-electron chi connectivity index (χ3n) is 3.39. The van der Waals surface area contributed by atoms with Crippen LogP contribution in [0.1, 0.15) is 27.2 Å². The predicted octanol–water partition coefficient (Wildman–Crippen LogP) is 1.66. The van der Waals surface area contributed by atoms with Gasteiger partial charge in [-0.1, -0.05) is 12.1 Å². The summed E-state index contributed by atoms with van der Waals surface area (Å²) in [6, 6.07) is 6.49. The van der Waals surface area contributed by atoms with Gasteiger partial charge in [-0.2, -0.15) is 0 Å². The van der Waals surface area contributed by atoms with Crippen LogP contribution in [0, 0.1) is 0 Å².